The molecule has 0 saturated heterocycles. The highest BCUT2D eigenvalue weighted by atomic mass is 16.5. The molecule has 0 N–H and O–H groups in total. The number of fused-ring (bicyclic) bond motifs is 9. The van der Waals surface area contributed by atoms with Crippen molar-refractivity contribution in [3.05, 3.63) is 309 Å². The third-order valence-corrected chi connectivity index (χ3v) is 16.9. The highest BCUT2D eigenvalue weighted by molar-refractivity contribution is 6.98. The van der Waals surface area contributed by atoms with Gasteiger partial charge in [-0.05, 0) is 96.0 Å². The van der Waals surface area contributed by atoms with Crippen LogP contribution in [0.5, 0.6) is 23.0 Å². The van der Waals surface area contributed by atoms with Crippen LogP contribution in [0.1, 0.15) is 0 Å². The van der Waals surface area contributed by atoms with Gasteiger partial charge in [0.05, 0.1) is 0 Å². The molecule has 0 spiro atoms. The molecule has 85 heavy (non-hydrogen) atoms. The van der Waals surface area contributed by atoms with Gasteiger partial charge in [-0.2, -0.15) is 0 Å². The number of hydrogen-bond donors (Lipinski definition) is 0. The van der Waals surface area contributed by atoms with Crippen molar-refractivity contribution in [2.24, 2.45) is 0 Å². The molecule has 0 bridgehead atoms. The molecule has 17 rings (SSSR count). The molecule has 2 radical (unpaired) electrons. The zero-order valence-electron chi connectivity index (χ0n) is 47.3. The second-order valence-corrected chi connectivity index (χ2v) is 21.7. The normalized spacial score (nSPS) is 11.9. The maximum atomic E-state index is 7.14. The molecule has 0 atom stereocenters. The lowest BCUT2D eigenvalue weighted by Gasteiger charge is -2.36. The second kappa shape index (κ2) is 21.5. The van der Waals surface area contributed by atoms with Crippen molar-refractivity contribution in [3.8, 4) is 101 Å². The molecule has 3 nitrogen and oxygen atoms in total. The number of furan rings is 1. The van der Waals surface area contributed by atoms with Crippen LogP contribution in [0, 0.1) is 0 Å². The Bertz CT molecular complexity index is 4780. The zero-order valence-corrected chi connectivity index (χ0v) is 46.3. The zero-order chi connectivity index (χ0) is 57.5. The molecular weight excluding hydrogens is 1030 g/mol. The Balaban J connectivity index is 0.000000143. The van der Waals surface area contributed by atoms with Crippen LogP contribution in [0.15, 0.2) is 314 Å². The first-order valence-electron chi connectivity index (χ1n) is 29.3. The van der Waals surface area contributed by atoms with Crippen molar-refractivity contribution in [1.29, 1.82) is 1.34 Å². The predicted octanol–water partition coefficient (Wildman–Crippen LogP) is 19.3. The molecule has 0 saturated carbocycles. The van der Waals surface area contributed by atoms with Crippen LogP contribution >= 0.6 is 0 Å². The number of benzene rings is 14. The molecule has 396 valence electrons. The Labute approximate surface area is 497 Å². The monoisotopic (exact) mass is 1080 g/mol. The largest absolute Gasteiger partial charge is 0.457 e. The quantitative estimate of drug-likeness (QED) is 0.118. The van der Waals surface area contributed by atoms with Crippen LogP contribution in [-0.2, 0) is 0 Å². The molecule has 2 aliphatic heterocycles. The molecule has 14 aromatic carbocycles. The van der Waals surface area contributed by atoms with Crippen molar-refractivity contribution in [2.45, 2.75) is 0 Å². The van der Waals surface area contributed by atoms with Crippen molar-refractivity contribution in [1.82, 2.24) is 0 Å². The highest BCUT2D eigenvalue weighted by Crippen LogP contribution is 2.50. The summed E-state index contributed by atoms with van der Waals surface area (Å²) in [4.78, 5) is 0. The van der Waals surface area contributed by atoms with Gasteiger partial charge in [0, 0.05) is 52.4 Å². The first-order valence-corrected chi connectivity index (χ1v) is 28.8. The van der Waals surface area contributed by atoms with E-state index in [4.69, 9.17) is 15.2 Å². The van der Waals surface area contributed by atoms with Gasteiger partial charge in [0.25, 0.3) is 6.71 Å². The first kappa shape index (κ1) is 49.9. The molecule has 0 amide bonds. The van der Waals surface area contributed by atoms with Crippen LogP contribution in [0.2, 0.25) is 0 Å². The van der Waals surface area contributed by atoms with E-state index in [2.05, 4.69) is 306 Å². The van der Waals surface area contributed by atoms with Gasteiger partial charge in [-0.3, -0.25) is 0 Å². The van der Waals surface area contributed by atoms with Crippen molar-refractivity contribution in [3.63, 3.8) is 0 Å². The van der Waals surface area contributed by atoms with Crippen LogP contribution in [0.25, 0.3) is 121 Å². The van der Waals surface area contributed by atoms with E-state index in [-0.39, 0.29) is 6.71 Å². The van der Waals surface area contributed by atoms with Gasteiger partial charge in [-0.1, -0.05) is 297 Å². The fraction of sp³-hybridized carbons (Fsp3) is 0. The average molecular weight is 1080 g/mol. The Morgan fingerprint density at radius 1 is 0.259 bits per heavy atom. The van der Waals surface area contributed by atoms with Gasteiger partial charge in [-0.15, -0.1) is 0 Å². The van der Waals surface area contributed by atoms with Crippen LogP contribution in [0.4, 0.5) is 0 Å². The van der Waals surface area contributed by atoms with Gasteiger partial charge in [0.2, 0.25) is 0 Å². The smallest absolute Gasteiger partial charge is 0.260 e. The molecule has 15 aromatic rings. The van der Waals surface area contributed by atoms with E-state index in [1.165, 1.54) is 43.8 Å². The lowest BCUT2D eigenvalue weighted by molar-refractivity contribution is 0.468. The summed E-state index contributed by atoms with van der Waals surface area (Å²) < 4.78 is 25.8. The minimum Gasteiger partial charge on any atom is -0.457 e. The van der Waals surface area contributed by atoms with E-state index in [0.717, 1.165) is 117 Å². The van der Waals surface area contributed by atoms with Crippen molar-refractivity contribution < 1.29 is 13.9 Å². The van der Waals surface area contributed by atoms with E-state index in [0.29, 0.717) is 0 Å². The Kier molecular flexibility index (Phi) is 12.6. The van der Waals surface area contributed by atoms with Crippen molar-refractivity contribution in [2.75, 3.05) is 0 Å². The predicted molar refractivity (Wildman–Crippen MR) is 358 cm³/mol. The Morgan fingerprint density at radius 3 is 1.05 bits per heavy atom. The number of ether oxygens (including phenoxy) is 2. The van der Waals surface area contributed by atoms with E-state index >= 15 is 0 Å². The third-order valence-electron chi connectivity index (χ3n) is 16.9. The Hall–Kier alpha value is -10.9. The lowest BCUT2D eigenvalue weighted by Crippen LogP contribution is -2.57. The highest BCUT2D eigenvalue weighted by Gasteiger charge is 2.44. The number of hydrogen-bond acceptors (Lipinski definition) is 3. The maximum absolute atomic E-state index is 7.14. The summed E-state index contributed by atoms with van der Waals surface area (Å²) >= 11 is 0. The number of rotatable bonds is 7. The first-order chi connectivity index (χ1) is 42.7. The van der Waals surface area contributed by atoms with Crippen molar-refractivity contribution >= 4 is 75.0 Å². The summed E-state index contributed by atoms with van der Waals surface area (Å²) in [6.45, 7) is -0.0825. The van der Waals surface area contributed by atoms with E-state index in [1.54, 1.807) is 0 Å². The molecule has 1 aromatic heterocycles. The maximum Gasteiger partial charge on any atom is 0.260 e. The lowest BCUT2D eigenvalue weighted by atomic mass is 9.34. The molecule has 0 unspecified atom stereocenters. The molecule has 0 fully saturated rings. The molecular formula is C80H52B2O3. The minimum absolute atomic E-state index is 0.0825. The van der Waals surface area contributed by atoms with Crippen LogP contribution in [-0.4, -0.2) is 16.4 Å². The van der Waals surface area contributed by atoms with Gasteiger partial charge in [0.15, 0.2) is 0 Å². The Morgan fingerprint density at radius 2 is 0.588 bits per heavy atom. The number of para-hydroxylation sites is 4. The summed E-state index contributed by atoms with van der Waals surface area (Å²) in [5.41, 5.74) is 21.3. The second-order valence-electron chi connectivity index (χ2n) is 21.7. The molecule has 3 heterocycles. The van der Waals surface area contributed by atoms with Gasteiger partial charge >= 0.3 is 0 Å². The molecule has 5 heteroatoms. The molecule has 2 aliphatic rings. The van der Waals surface area contributed by atoms with E-state index < -0.39 is 0 Å². The average Bonchev–Trinajstić information content (AvgIpc) is 1.01. The molecule has 0 aliphatic carbocycles. The summed E-state index contributed by atoms with van der Waals surface area (Å²) in [5, 5.41) is 7.38. The standard InChI is InChI=1S/C42H27BO2.C38H24O.BH/c1-5-15-28(16-6-1)32-23-13-25-36-39(32)44-41-34(30-19-9-3-10-20-30)27-35(31-21-11-4-12-22-31)42-38(41)43(36)37-26-14-24-33(40(37)45-42)29-17-7-2-8-18-29;1-2-11-26(12-3-1)36-30-14-4-6-16-32(30)37(33-17-7-5-15-31(33)36)27-23-21-25(22-24-27)28-18-10-19-34-29-13-8-9-20-35(29)39-38(28)34;/h1-27H;1-24H;1H/i;;1D. The summed E-state index contributed by atoms with van der Waals surface area (Å²) in [6.07, 6.45) is 0. The fourth-order valence-corrected chi connectivity index (χ4v) is 13.1. The fourth-order valence-electron chi connectivity index (χ4n) is 13.1. The van der Waals surface area contributed by atoms with E-state index in [9.17, 15) is 0 Å². The van der Waals surface area contributed by atoms with Gasteiger partial charge in [0.1, 0.15) is 34.2 Å². The minimum atomic E-state index is -0.0825. The third kappa shape index (κ3) is 8.71. The summed E-state index contributed by atoms with van der Waals surface area (Å²) in [7, 11) is 3.75. The van der Waals surface area contributed by atoms with Gasteiger partial charge < -0.3 is 13.9 Å². The van der Waals surface area contributed by atoms with Gasteiger partial charge in [-0.25, -0.2) is 0 Å². The summed E-state index contributed by atoms with van der Waals surface area (Å²) in [5.74, 6) is 3.50. The van der Waals surface area contributed by atoms with E-state index in [1.807, 2.05) is 12.1 Å². The SMILES string of the molecule is [2H][B].c1ccc(-c2c3ccccc3c(-c3ccc(-c4cccc5c4oc4ccccc45)cc3)c3ccccc23)cc1.c1ccc(-c2cccc3c2Oc2c(-c4ccccc4)cc(-c4ccccc4)c4c2B3c2cccc(-c3ccccc3)c2O4)cc1. The summed E-state index contributed by atoms with van der Waals surface area (Å²) in [6, 6.07) is 110. The van der Waals surface area contributed by atoms with Crippen LogP contribution < -0.4 is 25.9 Å². The topological polar surface area (TPSA) is 31.6 Å². The van der Waals surface area contributed by atoms with Crippen LogP contribution in [0.3, 0.4) is 0 Å².